The Morgan fingerprint density at radius 1 is 1.24 bits per heavy atom. The van der Waals surface area contributed by atoms with Crippen molar-refractivity contribution in [3.05, 3.63) is 17.9 Å². The van der Waals surface area contributed by atoms with Crippen molar-refractivity contribution in [2.24, 2.45) is 0 Å². The lowest BCUT2D eigenvalue weighted by Gasteiger charge is -2.17. The first-order valence-corrected chi connectivity index (χ1v) is 7.62. The number of alkyl halides is 1. The Hall–Kier alpha value is -1.69. The Bertz CT molecular complexity index is 647. The van der Waals surface area contributed by atoms with Gasteiger partial charge in [0.05, 0.1) is 32.5 Å². The fourth-order valence-electron chi connectivity index (χ4n) is 2.20. The van der Waals surface area contributed by atoms with E-state index in [2.05, 4.69) is 15.9 Å². The van der Waals surface area contributed by atoms with Crippen LogP contribution in [0.2, 0.25) is 0 Å². The summed E-state index contributed by atoms with van der Waals surface area (Å²) in [7, 11) is 3.04. The van der Waals surface area contributed by atoms with E-state index >= 15 is 0 Å². The molecule has 0 aliphatic heterocycles. The third-order valence-electron chi connectivity index (χ3n) is 3.06. The second-order valence-electron chi connectivity index (χ2n) is 4.38. The highest BCUT2D eigenvalue weighted by Crippen LogP contribution is 2.46. The number of ketones is 1. The third-order valence-corrected chi connectivity index (χ3v) is 3.62. The van der Waals surface area contributed by atoms with E-state index in [1.54, 1.807) is 6.07 Å². The van der Waals surface area contributed by atoms with Crippen molar-refractivity contribution in [2.45, 2.75) is 13.3 Å². The standard InChI is InChI=1S/C15H17BrO5/c1-9(17)11-12(18-2)10-5-8-21-13(10)15(19-3)14(11)20-7-4-6-16/h5,8H,4,6-7H2,1-3H3. The minimum absolute atomic E-state index is 0.151. The summed E-state index contributed by atoms with van der Waals surface area (Å²) in [6.07, 6.45) is 2.33. The van der Waals surface area contributed by atoms with E-state index in [-0.39, 0.29) is 5.78 Å². The van der Waals surface area contributed by atoms with Crippen LogP contribution in [0.5, 0.6) is 17.2 Å². The summed E-state index contributed by atoms with van der Waals surface area (Å²) in [5.41, 5.74) is 0.881. The van der Waals surface area contributed by atoms with Crippen molar-refractivity contribution in [3.63, 3.8) is 0 Å². The molecular formula is C15H17BrO5. The van der Waals surface area contributed by atoms with Crippen LogP contribution >= 0.6 is 15.9 Å². The van der Waals surface area contributed by atoms with Crippen LogP contribution in [0.4, 0.5) is 0 Å². The minimum atomic E-state index is -0.151. The maximum atomic E-state index is 12.1. The number of hydrogen-bond acceptors (Lipinski definition) is 5. The lowest BCUT2D eigenvalue weighted by atomic mass is 10.0. The average molecular weight is 357 g/mol. The molecule has 1 aromatic carbocycles. The Kier molecular flexibility index (Phi) is 5.12. The molecule has 0 radical (unpaired) electrons. The summed E-state index contributed by atoms with van der Waals surface area (Å²) in [4.78, 5) is 12.1. The van der Waals surface area contributed by atoms with Crippen LogP contribution < -0.4 is 14.2 Å². The number of hydrogen-bond donors (Lipinski definition) is 0. The summed E-state index contributed by atoms with van der Waals surface area (Å²) in [6, 6.07) is 1.74. The number of halogens is 1. The molecule has 0 aliphatic carbocycles. The van der Waals surface area contributed by atoms with Crippen molar-refractivity contribution in [1.29, 1.82) is 0 Å². The lowest BCUT2D eigenvalue weighted by Crippen LogP contribution is -2.07. The van der Waals surface area contributed by atoms with Gasteiger partial charge in [-0.15, -0.1) is 0 Å². The van der Waals surface area contributed by atoms with Crippen LogP contribution in [0.15, 0.2) is 16.7 Å². The van der Waals surface area contributed by atoms with Crippen LogP contribution in [0.25, 0.3) is 11.0 Å². The largest absolute Gasteiger partial charge is 0.495 e. The number of ether oxygens (including phenoxy) is 3. The van der Waals surface area contributed by atoms with E-state index < -0.39 is 0 Å². The van der Waals surface area contributed by atoms with E-state index in [0.717, 1.165) is 11.8 Å². The zero-order chi connectivity index (χ0) is 15.4. The van der Waals surface area contributed by atoms with Crippen molar-refractivity contribution in [3.8, 4) is 17.2 Å². The molecule has 0 aliphatic rings. The van der Waals surface area contributed by atoms with Crippen molar-refractivity contribution in [2.75, 3.05) is 26.2 Å². The van der Waals surface area contributed by atoms with Gasteiger partial charge in [0.1, 0.15) is 11.3 Å². The summed E-state index contributed by atoms with van der Waals surface area (Å²) < 4.78 is 22.0. The van der Waals surface area contributed by atoms with Crippen LogP contribution in [-0.2, 0) is 0 Å². The van der Waals surface area contributed by atoms with E-state index in [0.29, 0.717) is 40.4 Å². The molecule has 0 amide bonds. The van der Waals surface area contributed by atoms with Gasteiger partial charge in [0, 0.05) is 5.33 Å². The quantitative estimate of drug-likeness (QED) is 0.428. The van der Waals surface area contributed by atoms with Crippen LogP contribution in [-0.4, -0.2) is 31.9 Å². The van der Waals surface area contributed by atoms with Gasteiger partial charge in [-0.25, -0.2) is 0 Å². The molecule has 0 unspecified atom stereocenters. The zero-order valence-corrected chi connectivity index (χ0v) is 13.8. The monoisotopic (exact) mass is 356 g/mol. The maximum Gasteiger partial charge on any atom is 0.205 e. The Morgan fingerprint density at radius 2 is 1.95 bits per heavy atom. The molecule has 5 nitrogen and oxygen atoms in total. The molecule has 2 rings (SSSR count). The van der Waals surface area contributed by atoms with E-state index in [4.69, 9.17) is 18.6 Å². The number of Topliss-reactive ketones (excluding diaryl/α,β-unsaturated/α-hetero) is 1. The first-order chi connectivity index (χ1) is 10.2. The van der Waals surface area contributed by atoms with E-state index in [9.17, 15) is 4.79 Å². The highest BCUT2D eigenvalue weighted by atomic mass is 79.9. The molecule has 21 heavy (non-hydrogen) atoms. The first kappa shape index (κ1) is 15.7. The lowest BCUT2D eigenvalue weighted by molar-refractivity contribution is 0.101. The molecule has 0 spiro atoms. The van der Waals surface area contributed by atoms with Crippen molar-refractivity contribution >= 4 is 32.7 Å². The summed E-state index contributed by atoms with van der Waals surface area (Å²) in [6.45, 7) is 1.93. The minimum Gasteiger partial charge on any atom is -0.495 e. The molecule has 0 bridgehead atoms. The normalized spacial score (nSPS) is 10.7. The second kappa shape index (κ2) is 6.85. The number of fused-ring (bicyclic) bond motifs is 1. The number of methoxy groups -OCH3 is 2. The molecule has 2 aromatic rings. The van der Waals surface area contributed by atoms with Crippen LogP contribution in [0.1, 0.15) is 23.7 Å². The molecule has 114 valence electrons. The van der Waals surface area contributed by atoms with Crippen LogP contribution in [0.3, 0.4) is 0 Å². The van der Waals surface area contributed by atoms with Gasteiger partial charge in [0.15, 0.2) is 17.1 Å². The molecule has 0 saturated carbocycles. The predicted octanol–water partition coefficient (Wildman–Crippen LogP) is 3.82. The summed E-state index contributed by atoms with van der Waals surface area (Å²) in [5, 5.41) is 1.50. The maximum absolute atomic E-state index is 12.1. The molecule has 1 heterocycles. The Labute approximate surface area is 131 Å². The Morgan fingerprint density at radius 3 is 2.52 bits per heavy atom. The number of benzene rings is 1. The highest BCUT2D eigenvalue weighted by molar-refractivity contribution is 9.09. The molecular weight excluding hydrogens is 340 g/mol. The SMILES string of the molecule is COc1c(C(C)=O)c(OCCCBr)c(OC)c2occc12. The molecule has 0 saturated heterocycles. The van der Waals surface area contributed by atoms with Gasteiger partial charge in [-0.3, -0.25) is 4.79 Å². The number of carbonyl (C=O) groups excluding carboxylic acids is 1. The summed E-state index contributed by atoms with van der Waals surface area (Å²) >= 11 is 3.35. The van der Waals surface area contributed by atoms with Gasteiger partial charge in [-0.05, 0) is 19.4 Å². The van der Waals surface area contributed by atoms with Crippen molar-refractivity contribution < 1.29 is 23.4 Å². The fourth-order valence-corrected chi connectivity index (χ4v) is 2.43. The zero-order valence-electron chi connectivity index (χ0n) is 12.2. The molecule has 0 N–H and O–H groups in total. The number of rotatable bonds is 7. The average Bonchev–Trinajstić information content (AvgIpc) is 2.94. The number of carbonyl (C=O) groups is 1. The predicted molar refractivity (Wildman–Crippen MR) is 83.2 cm³/mol. The van der Waals surface area contributed by atoms with Gasteiger partial charge in [-0.2, -0.15) is 0 Å². The molecule has 6 heteroatoms. The summed E-state index contributed by atoms with van der Waals surface area (Å²) in [5.74, 6) is 1.07. The Balaban J connectivity index is 2.70. The van der Waals surface area contributed by atoms with E-state index in [1.807, 2.05) is 0 Å². The highest BCUT2D eigenvalue weighted by Gasteiger charge is 2.26. The topological polar surface area (TPSA) is 57.9 Å². The van der Waals surface area contributed by atoms with Gasteiger partial charge < -0.3 is 18.6 Å². The third kappa shape index (κ3) is 2.85. The van der Waals surface area contributed by atoms with Crippen LogP contribution in [0, 0.1) is 0 Å². The molecule has 1 aromatic heterocycles. The van der Waals surface area contributed by atoms with Gasteiger partial charge >= 0.3 is 0 Å². The van der Waals surface area contributed by atoms with Gasteiger partial charge in [-0.1, -0.05) is 15.9 Å². The second-order valence-corrected chi connectivity index (χ2v) is 5.17. The van der Waals surface area contributed by atoms with E-state index in [1.165, 1.54) is 27.4 Å². The molecule has 0 atom stereocenters. The first-order valence-electron chi connectivity index (χ1n) is 6.50. The fraction of sp³-hybridized carbons (Fsp3) is 0.400. The molecule has 0 fully saturated rings. The smallest absolute Gasteiger partial charge is 0.205 e. The van der Waals surface area contributed by atoms with Gasteiger partial charge in [0.25, 0.3) is 0 Å². The van der Waals surface area contributed by atoms with Gasteiger partial charge in [0.2, 0.25) is 5.75 Å². The number of furan rings is 1. The van der Waals surface area contributed by atoms with Crippen molar-refractivity contribution in [1.82, 2.24) is 0 Å².